The average molecular weight is 313 g/mol. The number of Topliss-reactive ketones (excluding diaryl/α,β-unsaturated/α-hetero) is 1. The molecule has 1 aliphatic carbocycles. The van der Waals surface area contributed by atoms with Crippen LogP contribution in [0.4, 0.5) is 0 Å². The van der Waals surface area contributed by atoms with E-state index in [1.165, 1.54) is 37.7 Å². The molecule has 1 N–H and O–H groups in total. The standard InChI is InChI=1S/C20H27NO2/c1-15(22)20-18(12-16-8-4-2-5-9-16)21(14-19(20)23)13-17-10-6-3-7-11-17/h3,6-7,10-11,16,18,23H,2,4-5,8-9,12-14H2,1H3. The van der Waals surface area contributed by atoms with Crippen LogP contribution in [0.1, 0.15) is 51.0 Å². The summed E-state index contributed by atoms with van der Waals surface area (Å²) in [5.41, 5.74) is 1.89. The molecule has 1 aliphatic heterocycles. The maximum absolute atomic E-state index is 12.1. The number of aliphatic hydroxyl groups is 1. The monoisotopic (exact) mass is 313 g/mol. The molecule has 2 aliphatic rings. The predicted molar refractivity (Wildman–Crippen MR) is 92.2 cm³/mol. The highest BCUT2D eigenvalue weighted by atomic mass is 16.3. The van der Waals surface area contributed by atoms with Gasteiger partial charge in [-0.05, 0) is 24.8 Å². The van der Waals surface area contributed by atoms with Crippen LogP contribution < -0.4 is 0 Å². The number of carbonyl (C=O) groups is 1. The zero-order valence-corrected chi connectivity index (χ0v) is 14.0. The fourth-order valence-corrected chi connectivity index (χ4v) is 4.19. The number of hydrogen-bond donors (Lipinski definition) is 1. The lowest BCUT2D eigenvalue weighted by Crippen LogP contribution is -2.35. The van der Waals surface area contributed by atoms with Crippen molar-refractivity contribution in [2.24, 2.45) is 5.92 Å². The summed E-state index contributed by atoms with van der Waals surface area (Å²) in [4.78, 5) is 14.3. The van der Waals surface area contributed by atoms with E-state index in [9.17, 15) is 9.90 Å². The zero-order valence-electron chi connectivity index (χ0n) is 14.0. The molecule has 1 saturated carbocycles. The molecule has 1 aromatic carbocycles. The molecule has 1 unspecified atom stereocenters. The average Bonchev–Trinajstić information content (AvgIpc) is 2.85. The summed E-state index contributed by atoms with van der Waals surface area (Å²) < 4.78 is 0. The minimum absolute atomic E-state index is 0.0267. The largest absolute Gasteiger partial charge is 0.510 e. The van der Waals surface area contributed by atoms with Gasteiger partial charge in [-0.25, -0.2) is 0 Å². The molecule has 3 heteroatoms. The number of ketones is 1. The number of benzene rings is 1. The van der Waals surface area contributed by atoms with Crippen molar-refractivity contribution >= 4 is 5.78 Å². The molecule has 23 heavy (non-hydrogen) atoms. The Balaban J connectivity index is 1.76. The topological polar surface area (TPSA) is 40.5 Å². The van der Waals surface area contributed by atoms with E-state index >= 15 is 0 Å². The third-order valence-electron chi connectivity index (χ3n) is 5.33. The molecule has 1 heterocycles. The normalized spacial score (nSPS) is 23.4. The summed E-state index contributed by atoms with van der Waals surface area (Å²) in [6, 6.07) is 10.4. The van der Waals surface area contributed by atoms with Crippen LogP contribution in [-0.4, -0.2) is 28.4 Å². The van der Waals surface area contributed by atoms with Gasteiger partial charge in [0.25, 0.3) is 0 Å². The highest BCUT2D eigenvalue weighted by molar-refractivity contribution is 5.95. The Bertz CT molecular complexity index is 573. The molecule has 3 rings (SSSR count). The minimum Gasteiger partial charge on any atom is -0.510 e. The predicted octanol–water partition coefficient (Wildman–Crippen LogP) is 4.24. The fraction of sp³-hybridized carbons (Fsp3) is 0.550. The summed E-state index contributed by atoms with van der Waals surface area (Å²) in [7, 11) is 0. The van der Waals surface area contributed by atoms with Crippen LogP contribution in [0.25, 0.3) is 0 Å². The Kier molecular flexibility index (Phi) is 5.16. The SMILES string of the molecule is CC(=O)C1=C(O)CN(Cc2ccccc2)C1CC1CCCCC1. The van der Waals surface area contributed by atoms with Gasteiger partial charge in [0, 0.05) is 12.6 Å². The van der Waals surface area contributed by atoms with Crippen molar-refractivity contribution in [1.29, 1.82) is 0 Å². The third-order valence-corrected chi connectivity index (χ3v) is 5.33. The molecule has 0 radical (unpaired) electrons. The van der Waals surface area contributed by atoms with Gasteiger partial charge in [-0.1, -0.05) is 62.4 Å². The van der Waals surface area contributed by atoms with Gasteiger partial charge in [-0.3, -0.25) is 9.69 Å². The molecule has 0 amide bonds. The van der Waals surface area contributed by atoms with Gasteiger partial charge < -0.3 is 5.11 Å². The minimum atomic E-state index is 0.0267. The second kappa shape index (κ2) is 7.31. The zero-order chi connectivity index (χ0) is 16.2. The van der Waals surface area contributed by atoms with Gasteiger partial charge in [-0.15, -0.1) is 0 Å². The van der Waals surface area contributed by atoms with Crippen molar-refractivity contribution in [2.75, 3.05) is 6.54 Å². The van der Waals surface area contributed by atoms with Crippen molar-refractivity contribution in [3.05, 3.63) is 47.2 Å². The van der Waals surface area contributed by atoms with E-state index in [2.05, 4.69) is 17.0 Å². The van der Waals surface area contributed by atoms with Crippen LogP contribution in [0.3, 0.4) is 0 Å². The first-order chi connectivity index (χ1) is 11.1. The molecular weight excluding hydrogens is 286 g/mol. The van der Waals surface area contributed by atoms with Gasteiger partial charge >= 0.3 is 0 Å². The third kappa shape index (κ3) is 3.84. The smallest absolute Gasteiger partial charge is 0.160 e. The van der Waals surface area contributed by atoms with Crippen molar-refractivity contribution in [1.82, 2.24) is 4.90 Å². The maximum Gasteiger partial charge on any atom is 0.160 e. The van der Waals surface area contributed by atoms with E-state index in [1.807, 2.05) is 18.2 Å². The Morgan fingerprint density at radius 3 is 2.52 bits per heavy atom. The van der Waals surface area contributed by atoms with Gasteiger partial charge in [-0.2, -0.15) is 0 Å². The van der Waals surface area contributed by atoms with Crippen LogP contribution in [0.5, 0.6) is 0 Å². The first kappa shape index (κ1) is 16.3. The van der Waals surface area contributed by atoms with E-state index in [-0.39, 0.29) is 17.6 Å². The number of carbonyl (C=O) groups excluding carboxylic acids is 1. The number of rotatable bonds is 5. The van der Waals surface area contributed by atoms with Crippen LogP contribution in [0.2, 0.25) is 0 Å². The Hall–Kier alpha value is -1.61. The summed E-state index contributed by atoms with van der Waals surface area (Å²) >= 11 is 0. The Morgan fingerprint density at radius 2 is 1.87 bits per heavy atom. The lowest BCUT2D eigenvalue weighted by Gasteiger charge is -2.31. The second-order valence-corrected chi connectivity index (χ2v) is 7.06. The molecular formula is C20H27NO2. The van der Waals surface area contributed by atoms with E-state index < -0.39 is 0 Å². The Morgan fingerprint density at radius 1 is 1.17 bits per heavy atom. The van der Waals surface area contributed by atoms with Crippen molar-refractivity contribution in [2.45, 2.75) is 58.0 Å². The van der Waals surface area contributed by atoms with E-state index in [0.717, 1.165) is 13.0 Å². The van der Waals surface area contributed by atoms with Gasteiger partial charge in [0.2, 0.25) is 0 Å². The maximum atomic E-state index is 12.1. The first-order valence-electron chi connectivity index (χ1n) is 8.86. The summed E-state index contributed by atoms with van der Waals surface area (Å²) in [5, 5.41) is 10.3. The van der Waals surface area contributed by atoms with Crippen molar-refractivity contribution < 1.29 is 9.90 Å². The van der Waals surface area contributed by atoms with E-state index in [4.69, 9.17) is 0 Å². The van der Waals surface area contributed by atoms with Crippen molar-refractivity contribution in [3.8, 4) is 0 Å². The second-order valence-electron chi connectivity index (χ2n) is 7.06. The Labute approximate surface area is 139 Å². The molecule has 0 bridgehead atoms. The molecule has 0 spiro atoms. The molecule has 1 atom stereocenters. The van der Waals surface area contributed by atoms with Crippen LogP contribution in [0, 0.1) is 5.92 Å². The van der Waals surface area contributed by atoms with E-state index in [0.29, 0.717) is 18.0 Å². The quantitative estimate of drug-likeness (QED) is 0.884. The van der Waals surface area contributed by atoms with E-state index in [1.54, 1.807) is 6.92 Å². The number of aliphatic hydroxyl groups excluding tert-OH is 1. The van der Waals surface area contributed by atoms with Crippen LogP contribution >= 0.6 is 0 Å². The van der Waals surface area contributed by atoms with Crippen LogP contribution in [0.15, 0.2) is 41.7 Å². The molecule has 1 aromatic rings. The highest BCUT2D eigenvalue weighted by Crippen LogP contribution is 2.35. The van der Waals surface area contributed by atoms with Gasteiger partial charge in [0.1, 0.15) is 5.76 Å². The number of nitrogens with zero attached hydrogens (tertiary/aromatic N) is 1. The van der Waals surface area contributed by atoms with Gasteiger partial charge in [0.15, 0.2) is 5.78 Å². The summed E-state index contributed by atoms with van der Waals surface area (Å²) in [6.45, 7) is 2.88. The molecule has 1 fully saturated rings. The lowest BCUT2D eigenvalue weighted by molar-refractivity contribution is -0.114. The van der Waals surface area contributed by atoms with Crippen LogP contribution in [-0.2, 0) is 11.3 Å². The highest BCUT2D eigenvalue weighted by Gasteiger charge is 2.36. The van der Waals surface area contributed by atoms with Gasteiger partial charge in [0.05, 0.1) is 12.1 Å². The summed E-state index contributed by atoms with van der Waals surface area (Å²) in [6.07, 6.45) is 7.49. The molecule has 124 valence electrons. The number of hydrogen-bond acceptors (Lipinski definition) is 3. The summed E-state index contributed by atoms with van der Waals surface area (Å²) in [5.74, 6) is 1.00. The molecule has 0 aromatic heterocycles. The van der Waals surface area contributed by atoms with Crippen molar-refractivity contribution in [3.63, 3.8) is 0 Å². The molecule has 0 saturated heterocycles. The molecule has 3 nitrogen and oxygen atoms in total. The fourth-order valence-electron chi connectivity index (χ4n) is 4.19. The first-order valence-corrected chi connectivity index (χ1v) is 8.86. The lowest BCUT2D eigenvalue weighted by atomic mass is 9.83.